The van der Waals surface area contributed by atoms with E-state index in [0.717, 1.165) is 17.7 Å². The summed E-state index contributed by atoms with van der Waals surface area (Å²) in [5.74, 6) is 0. The van der Waals surface area contributed by atoms with Crippen molar-refractivity contribution in [3.05, 3.63) is 30.5 Å². The van der Waals surface area contributed by atoms with Gasteiger partial charge in [-0.05, 0) is 12.5 Å². The summed E-state index contributed by atoms with van der Waals surface area (Å²) in [5.41, 5.74) is 3.40. The first kappa shape index (κ1) is 11.3. The van der Waals surface area contributed by atoms with E-state index in [1.54, 1.807) is 0 Å². The summed E-state index contributed by atoms with van der Waals surface area (Å²) in [5, 5.41) is 8.37. The molecule has 2 heterocycles. The molecule has 3 heteroatoms. The van der Waals surface area contributed by atoms with Gasteiger partial charge >= 0.3 is 0 Å². The van der Waals surface area contributed by atoms with Crippen LogP contribution in [0.3, 0.4) is 0 Å². The molecule has 1 unspecified atom stereocenters. The number of aromatic nitrogens is 1. The number of nitrogens with one attached hydrogen (secondary N) is 2. The lowest BCUT2D eigenvalue weighted by molar-refractivity contribution is 0.620. The topological polar surface area (TPSA) is 37.0 Å². The van der Waals surface area contributed by atoms with Gasteiger partial charge in [0.2, 0.25) is 0 Å². The molecule has 94 valence electrons. The Hall–Kier alpha value is -1.77. The Kier molecular flexibility index (Phi) is 3.05. The summed E-state index contributed by atoms with van der Waals surface area (Å²) in [6.45, 7) is 3.23. The minimum atomic E-state index is 0.531. The largest absolute Gasteiger partial charge is 0.380 e. The zero-order valence-electron chi connectivity index (χ0n) is 10.7. The summed E-state index contributed by atoms with van der Waals surface area (Å²) in [6, 6.07) is 8.84. The molecule has 3 rings (SSSR count). The maximum Gasteiger partial charge on any atom is 0.0769 e. The van der Waals surface area contributed by atoms with Gasteiger partial charge in [0, 0.05) is 18.0 Å². The zero-order valence-corrected chi connectivity index (χ0v) is 10.7. The fourth-order valence-electron chi connectivity index (χ4n) is 2.54. The molecule has 3 nitrogen and oxygen atoms in total. The first-order valence-electron chi connectivity index (χ1n) is 6.76. The second-order valence-corrected chi connectivity index (χ2v) is 4.93. The molecule has 0 saturated heterocycles. The maximum atomic E-state index is 4.48. The lowest BCUT2D eigenvalue weighted by atomic mass is 10.0. The Bertz CT molecular complexity index is 550. The zero-order chi connectivity index (χ0) is 12.4. The highest BCUT2D eigenvalue weighted by Gasteiger charge is 2.18. The number of hydrogen-bond acceptors (Lipinski definition) is 3. The summed E-state index contributed by atoms with van der Waals surface area (Å²) in [4.78, 5) is 4.48. The van der Waals surface area contributed by atoms with Crippen LogP contribution in [-0.2, 0) is 0 Å². The molecule has 1 aromatic carbocycles. The average Bonchev–Trinajstić information content (AvgIpc) is 2.45. The summed E-state index contributed by atoms with van der Waals surface area (Å²) in [7, 11) is 0. The van der Waals surface area contributed by atoms with Crippen LogP contribution >= 0.6 is 0 Å². The van der Waals surface area contributed by atoms with Crippen LogP contribution in [0.1, 0.15) is 26.2 Å². The van der Waals surface area contributed by atoms with E-state index in [2.05, 4.69) is 40.7 Å². The highest BCUT2D eigenvalue weighted by Crippen LogP contribution is 2.33. The Labute approximate surface area is 108 Å². The van der Waals surface area contributed by atoms with Crippen molar-refractivity contribution in [3.63, 3.8) is 0 Å². The number of fused-ring (bicyclic) bond motifs is 3. The van der Waals surface area contributed by atoms with E-state index in [1.165, 1.54) is 30.3 Å². The number of hydrogen-bond donors (Lipinski definition) is 2. The number of benzene rings is 1. The monoisotopic (exact) mass is 241 g/mol. The first-order valence-corrected chi connectivity index (χ1v) is 6.76. The number of unbranched alkanes of at least 4 members (excludes halogenated alkanes) is 1. The van der Waals surface area contributed by atoms with Crippen molar-refractivity contribution in [2.75, 3.05) is 17.2 Å². The van der Waals surface area contributed by atoms with E-state index in [1.807, 2.05) is 12.3 Å². The molecule has 1 aliphatic rings. The van der Waals surface area contributed by atoms with Crippen LogP contribution in [0.2, 0.25) is 0 Å². The van der Waals surface area contributed by atoms with Gasteiger partial charge in [-0.25, -0.2) is 0 Å². The summed E-state index contributed by atoms with van der Waals surface area (Å²) < 4.78 is 0. The van der Waals surface area contributed by atoms with Crippen LogP contribution in [0.5, 0.6) is 0 Å². The van der Waals surface area contributed by atoms with Gasteiger partial charge in [-0.3, -0.25) is 4.98 Å². The van der Waals surface area contributed by atoms with E-state index < -0.39 is 0 Å². The number of anilines is 2. The second kappa shape index (κ2) is 4.84. The smallest absolute Gasteiger partial charge is 0.0769 e. The van der Waals surface area contributed by atoms with Crippen molar-refractivity contribution in [1.82, 2.24) is 4.98 Å². The van der Waals surface area contributed by atoms with Crippen molar-refractivity contribution in [2.45, 2.75) is 32.2 Å². The number of rotatable bonds is 3. The molecule has 0 radical (unpaired) electrons. The lowest BCUT2D eigenvalue weighted by Crippen LogP contribution is -2.33. The average molecular weight is 241 g/mol. The maximum absolute atomic E-state index is 4.48. The SMILES string of the molecule is CCCCC1CNc2cnc3ccccc3c2N1. The second-order valence-electron chi connectivity index (χ2n) is 4.93. The van der Waals surface area contributed by atoms with Gasteiger partial charge in [-0.15, -0.1) is 0 Å². The molecule has 0 aliphatic carbocycles. The van der Waals surface area contributed by atoms with E-state index in [9.17, 15) is 0 Å². The van der Waals surface area contributed by atoms with Gasteiger partial charge in [-0.2, -0.15) is 0 Å². The minimum absolute atomic E-state index is 0.531. The predicted molar refractivity (Wildman–Crippen MR) is 77.2 cm³/mol. The summed E-state index contributed by atoms with van der Waals surface area (Å²) >= 11 is 0. The summed E-state index contributed by atoms with van der Waals surface area (Å²) in [6.07, 6.45) is 5.68. The molecular formula is C15H19N3. The van der Waals surface area contributed by atoms with Crippen molar-refractivity contribution in [2.24, 2.45) is 0 Å². The normalized spacial score (nSPS) is 17.9. The molecule has 1 atom stereocenters. The standard InChI is InChI=1S/C15H19N3/c1-2-3-6-11-9-16-14-10-17-13-8-5-4-7-12(13)15(14)18-11/h4-5,7-8,10-11,16,18H,2-3,6,9H2,1H3. The molecule has 2 aromatic rings. The molecular weight excluding hydrogens is 222 g/mol. The predicted octanol–water partition coefficient (Wildman–Crippen LogP) is 3.63. The van der Waals surface area contributed by atoms with Gasteiger partial charge in [0.15, 0.2) is 0 Å². The minimum Gasteiger partial charge on any atom is -0.380 e. The Morgan fingerprint density at radius 3 is 3.11 bits per heavy atom. The Morgan fingerprint density at radius 1 is 1.33 bits per heavy atom. The van der Waals surface area contributed by atoms with Crippen molar-refractivity contribution >= 4 is 22.3 Å². The third-order valence-electron chi connectivity index (χ3n) is 3.57. The Balaban J connectivity index is 1.95. The van der Waals surface area contributed by atoms with Crippen LogP contribution in [0.4, 0.5) is 11.4 Å². The molecule has 2 N–H and O–H groups in total. The van der Waals surface area contributed by atoms with E-state index in [0.29, 0.717) is 6.04 Å². The van der Waals surface area contributed by atoms with Crippen LogP contribution in [0, 0.1) is 0 Å². The highest BCUT2D eigenvalue weighted by atomic mass is 15.1. The third kappa shape index (κ3) is 2.01. The van der Waals surface area contributed by atoms with Crippen molar-refractivity contribution in [1.29, 1.82) is 0 Å². The van der Waals surface area contributed by atoms with Crippen LogP contribution in [0.15, 0.2) is 30.5 Å². The van der Waals surface area contributed by atoms with Crippen molar-refractivity contribution < 1.29 is 0 Å². The van der Waals surface area contributed by atoms with Crippen LogP contribution < -0.4 is 10.6 Å². The molecule has 1 aliphatic heterocycles. The molecule has 0 bridgehead atoms. The first-order chi connectivity index (χ1) is 8.88. The van der Waals surface area contributed by atoms with Gasteiger partial charge in [0.1, 0.15) is 0 Å². The van der Waals surface area contributed by atoms with E-state index >= 15 is 0 Å². The van der Waals surface area contributed by atoms with E-state index in [4.69, 9.17) is 0 Å². The Morgan fingerprint density at radius 2 is 2.22 bits per heavy atom. The molecule has 0 saturated carbocycles. The molecule has 0 amide bonds. The van der Waals surface area contributed by atoms with Gasteiger partial charge < -0.3 is 10.6 Å². The molecule has 0 fully saturated rings. The number of pyridine rings is 1. The number of nitrogens with zero attached hydrogens (tertiary/aromatic N) is 1. The highest BCUT2D eigenvalue weighted by molar-refractivity contribution is 5.98. The van der Waals surface area contributed by atoms with Gasteiger partial charge in [-0.1, -0.05) is 38.0 Å². The molecule has 0 spiro atoms. The third-order valence-corrected chi connectivity index (χ3v) is 3.57. The fraction of sp³-hybridized carbons (Fsp3) is 0.400. The lowest BCUT2D eigenvalue weighted by Gasteiger charge is -2.29. The quantitative estimate of drug-likeness (QED) is 0.861. The van der Waals surface area contributed by atoms with Crippen molar-refractivity contribution in [3.8, 4) is 0 Å². The fourth-order valence-corrected chi connectivity index (χ4v) is 2.54. The molecule has 1 aromatic heterocycles. The van der Waals surface area contributed by atoms with Gasteiger partial charge in [0.25, 0.3) is 0 Å². The van der Waals surface area contributed by atoms with E-state index in [-0.39, 0.29) is 0 Å². The van der Waals surface area contributed by atoms with Crippen LogP contribution in [0.25, 0.3) is 10.9 Å². The van der Waals surface area contributed by atoms with Crippen LogP contribution in [-0.4, -0.2) is 17.6 Å². The molecule has 18 heavy (non-hydrogen) atoms. The van der Waals surface area contributed by atoms with Gasteiger partial charge in [0.05, 0.1) is 23.1 Å². The number of para-hydroxylation sites is 1.